The molecule has 0 atom stereocenters. The molecule has 0 radical (unpaired) electrons. The summed E-state index contributed by atoms with van der Waals surface area (Å²) in [5, 5.41) is 12.3. The normalized spacial score (nSPS) is 14.2. The summed E-state index contributed by atoms with van der Waals surface area (Å²) in [5.74, 6) is -0.906. The Labute approximate surface area is 117 Å². The zero-order valence-corrected chi connectivity index (χ0v) is 11.3. The van der Waals surface area contributed by atoms with Crippen molar-refractivity contribution in [1.82, 2.24) is 9.55 Å². The quantitative estimate of drug-likeness (QED) is 0.877. The molecule has 2 N–H and O–H groups in total. The molecule has 2 aromatic rings. The van der Waals surface area contributed by atoms with Gasteiger partial charge >= 0.3 is 5.97 Å². The third kappa shape index (κ3) is 2.52. The third-order valence-corrected chi connectivity index (χ3v) is 3.63. The van der Waals surface area contributed by atoms with E-state index in [1.165, 1.54) is 12.8 Å². The maximum atomic E-state index is 11.0. The fourth-order valence-corrected chi connectivity index (χ4v) is 2.28. The number of hydrogen-bond acceptors (Lipinski definition) is 3. The first kappa shape index (κ1) is 12.7. The highest BCUT2D eigenvalue weighted by Gasteiger charge is 2.25. The van der Waals surface area contributed by atoms with Gasteiger partial charge in [0.15, 0.2) is 0 Å². The molecule has 0 amide bonds. The topological polar surface area (TPSA) is 67.2 Å². The number of hydrogen-bond donors (Lipinski definition) is 2. The largest absolute Gasteiger partial charge is 0.478 e. The van der Waals surface area contributed by atoms with Crippen molar-refractivity contribution in [2.45, 2.75) is 32.4 Å². The van der Waals surface area contributed by atoms with E-state index in [0.29, 0.717) is 18.2 Å². The second-order valence-electron chi connectivity index (χ2n) is 5.21. The van der Waals surface area contributed by atoms with Crippen LogP contribution in [0.1, 0.15) is 40.5 Å². The Morgan fingerprint density at radius 3 is 3.00 bits per heavy atom. The molecule has 5 nitrogen and oxygen atoms in total. The van der Waals surface area contributed by atoms with Crippen molar-refractivity contribution in [2.75, 3.05) is 5.32 Å². The van der Waals surface area contributed by atoms with E-state index in [-0.39, 0.29) is 0 Å². The van der Waals surface area contributed by atoms with Crippen LogP contribution in [-0.4, -0.2) is 20.6 Å². The number of rotatable bonds is 5. The number of benzene rings is 1. The number of anilines is 1. The number of carboxylic acid groups (broad SMARTS) is 1. The van der Waals surface area contributed by atoms with Gasteiger partial charge in [0.1, 0.15) is 0 Å². The van der Waals surface area contributed by atoms with Gasteiger partial charge in [0.05, 0.1) is 24.1 Å². The van der Waals surface area contributed by atoms with E-state index in [1.54, 1.807) is 12.1 Å². The van der Waals surface area contributed by atoms with Crippen LogP contribution in [-0.2, 0) is 6.54 Å². The molecule has 0 saturated heterocycles. The molecule has 1 aliphatic carbocycles. The maximum Gasteiger partial charge on any atom is 0.335 e. The van der Waals surface area contributed by atoms with Gasteiger partial charge in [-0.25, -0.2) is 9.78 Å². The second-order valence-corrected chi connectivity index (χ2v) is 5.21. The minimum absolute atomic E-state index is 0.300. The Bertz CT molecular complexity index is 644. The van der Waals surface area contributed by atoms with Crippen LogP contribution in [0.4, 0.5) is 5.69 Å². The first-order chi connectivity index (χ1) is 9.65. The highest BCUT2D eigenvalue weighted by molar-refractivity contribution is 5.89. The first-order valence-corrected chi connectivity index (χ1v) is 6.73. The molecule has 1 fully saturated rings. The Morgan fingerprint density at radius 2 is 2.30 bits per heavy atom. The molecule has 1 aromatic carbocycles. The van der Waals surface area contributed by atoms with Crippen LogP contribution in [0.2, 0.25) is 0 Å². The first-order valence-electron chi connectivity index (χ1n) is 6.73. The zero-order valence-electron chi connectivity index (χ0n) is 11.3. The highest BCUT2D eigenvalue weighted by atomic mass is 16.4. The monoisotopic (exact) mass is 271 g/mol. The van der Waals surface area contributed by atoms with Crippen LogP contribution in [0.25, 0.3) is 0 Å². The predicted molar refractivity (Wildman–Crippen MR) is 76.0 cm³/mol. The van der Waals surface area contributed by atoms with E-state index in [4.69, 9.17) is 5.11 Å². The summed E-state index contributed by atoms with van der Waals surface area (Å²) in [6, 6.07) is 5.72. The van der Waals surface area contributed by atoms with Gasteiger partial charge in [0.25, 0.3) is 0 Å². The van der Waals surface area contributed by atoms with Crippen molar-refractivity contribution >= 4 is 11.7 Å². The summed E-state index contributed by atoms with van der Waals surface area (Å²) in [7, 11) is 0. The van der Waals surface area contributed by atoms with Crippen molar-refractivity contribution < 1.29 is 9.90 Å². The lowest BCUT2D eigenvalue weighted by Gasteiger charge is -2.12. The van der Waals surface area contributed by atoms with E-state index in [9.17, 15) is 4.79 Å². The van der Waals surface area contributed by atoms with E-state index in [1.807, 2.05) is 25.5 Å². The van der Waals surface area contributed by atoms with Crippen LogP contribution in [0, 0.1) is 6.92 Å². The van der Waals surface area contributed by atoms with Crippen LogP contribution < -0.4 is 5.32 Å². The number of carbonyl (C=O) groups is 1. The van der Waals surface area contributed by atoms with Crippen molar-refractivity contribution in [3.63, 3.8) is 0 Å². The third-order valence-electron chi connectivity index (χ3n) is 3.63. The Morgan fingerprint density at radius 1 is 1.50 bits per heavy atom. The molecule has 0 aliphatic heterocycles. The van der Waals surface area contributed by atoms with E-state index in [2.05, 4.69) is 14.9 Å². The van der Waals surface area contributed by atoms with Gasteiger partial charge < -0.3 is 15.0 Å². The summed E-state index contributed by atoms with van der Waals surface area (Å²) in [6.45, 7) is 2.62. The average molecular weight is 271 g/mol. The summed E-state index contributed by atoms with van der Waals surface area (Å²) in [5.41, 5.74) is 3.32. The minimum atomic E-state index is -0.906. The Kier molecular flexibility index (Phi) is 3.18. The smallest absolute Gasteiger partial charge is 0.335 e. The van der Waals surface area contributed by atoms with Gasteiger partial charge in [-0.05, 0) is 37.5 Å². The van der Waals surface area contributed by atoms with Gasteiger partial charge in [-0.1, -0.05) is 6.07 Å². The molecule has 1 aliphatic rings. The summed E-state index contributed by atoms with van der Waals surface area (Å²) >= 11 is 0. The molecule has 1 saturated carbocycles. The molecule has 104 valence electrons. The van der Waals surface area contributed by atoms with Crippen LogP contribution in [0.15, 0.2) is 30.7 Å². The van der Waals surface area contributed by atoms with E-state index >= 15 is 0 Å². The molecule has 1 heterocycles. The van der Waals surface area contributed by atoms with Gasteiger partial charge in [-0.15, -0.1) is 0 Å². The number of carboxylic acids is 1. The van der Waals surface area contributed by atoms with Crippen molar-refractivity contribution in [1.29, 1.82) is 0 Å². The zero-order chi connectivity index (χ0) is 14.1. The molecule has 0 spiro atoms. The van der Waals surface area contributed by atoms with E-state index < -0.39 is 5.97 Å². The molecule has 3 rings (SSSR count). The lowest BCUT2D eigenvalue weighted by Crippen LogP contribution is -2.07. The minimum Gasteiger partial charge on any atom is -0.478 e. The highest BCUT2D eigenvalue weighted by Crippen LogP contribution is 2.35. The van der Waals surface area contributed by atoms with Crippen molar-refractivity contribution in [3.8, 4) is 0 Å². The van der Waals surface area contributed by atoms with Crippen molar-refractivity contribution in [2.24, 2.45) is 0 Å². The SMILES string of the molecule is Cc1ccc(C(=O)O)cc1NCc1cncn1C1CC1. The summed E-state index contributed by atoms with van der Waals surface area (Å²) in [6.07, 6.45) is 6.17. The average Bonchev–Trinajstić information content (AvgIpc) is 3.17. The molecular weight excluding hydrogens is 254 g/mol. The molecule has 0 unspecified atom stereocenters. The maximum absolute atomic E-state index is 11.0. The number of aromatic carboxylic acids is 1. The number of nitrogens with zero attached hydrogens (tertiary/aromatic N) is 2. The fraction of sp³-hybridized carbons (Fsp3) is 0.333. The summed E-state index contributed by atoms with van der Waals surface area (Å²) in [4.78, 5) is 15.2. The number of aryl methyl sites for hydroxylation is 1. The lowest BCUT2D eigenvalue weighted by atomic mass is 10.1. The lowest BCUT2D eigenvalue weighted by molar-refractivity contribution is 0.0697. The number of nitrogens with one attached hydrogen (secondary N) is 1. The van der Waals surface area contributed by atoms with Crippen LogP contribution >= 0.6 is 0 Å². The van der Waals surface area contributed by atoms with Crippen LogP contribution in [0.5, 0.6) is 0 Å². The molecule has 1 aromatic heterocycles. The Hall–Kier alpha value is -2.30. The van der Waals surface area contributed by atoms with E-state index in [0.717, 1.165) is 16.9 Å². The molecular formula is C15H17N3O2. The van der Waals surface area contributed by atoms with Gasteiger partial charge in [0, 0.05) is 17.9 Å². The molecule has 20 heavy (non-hydrogen) atoms. The molecule has 0 bridgehead atoms. The van der Waals surface area contributed by atoms with Gasteiger partial charge in [0.2, 0.25) is 0 Å². The van der Waals surface area contributed by atoms with Gasteiger partial charge in [-0.3, -0.25) is 0 Å². The summed E-state index contributed by atoms with van der Waals surface area (Å²) < 4.78 is 2.20. The predicted octanol–water partition coefficient (Wildman–Crippen LogP) is 2.84. The molecule has 5 heteroatoms. The van der Waals surface area contributed by atoms with Crippen molar-refractivity contribution in [3.05, 3.63) is 47.5 Å². The Balaban J connectivity index is 1.75. The second kappa shape index (κ2) is 5.00. The number of aromatic nitrogens is 2. The fourth-order valence-electron chi connectivity index (χ4n) is 2.28. The van der Waals surface area contributed by atoms with Crippen LogP contribution in [0.3, 0.4) is 0 Å². The van der Waals surface area contributed by atoms with Gasteiger partial charge in [-0.2, -0.15) is 0 Å². The standard InChI is InChI=1S/C15H17N3O2/c1-10-2-3-11(15(19)20)6-14(10)17-8-13-7-16-9-18(13)12-4-5-12/h2-3,6-7,9,12,17H,4-5,8H2,1H3,(H,19,20). The number of imidazole rings is 1.